The van der Waals surface area contributed by atoms with E-state index in [9.17, 15) is 4.79 Å². The number of nitrogens with zero attached hydrogens (tertiary/aromatic N) is 2. The number of benzene rings is 1. The average molecular weight is 343 g/mol. The Bertz CT molecular complexity index is 746. The molecule has 1 unspecified atom stereocenters. The molecule has 2 aliphatic rings. The Morgan fingerprint density at radius 2 is 2.12 bits per heavy atom. The molecule has 4 rings (SSSR count). The molecule has 0 N–H and O–H groups in total. The highest BCUT2D eigenvalue weighted by atomic mass is 35.5. The second-order valence-electron chi connectivity index (χ2n) is 6.39. The van der Waals surface area contributed by atoms with Crippen LogP contribution in [0.2, 0.25) is 5.02 Å². The first-order valence-electron chi connectivity index (χ1n) is 8.34. The lowest BCUT2D eigenvalue weighted by molar-refractivity contribution is -0.00833. The SMILES string of the molecule is O=C(c1cc(-c2ccccn2)ccc1Cl)N1CCOCC1C1CC1. The average Bonchev–Trinajstić information content (AvgIpc) is 3.47. The van der Waals surface area contributed by atoms with Crippen molar-refractivity contribution in [3.63, 3.8) is 0 Å². The molecule has 1 atom stereocenters. The Balaban J connectivity index is 1.66. The van der Waals surface area contributed by atoms with Crippen LogP contribution in [0.5, 0.6) is 0 Å². The highest BCUT2D eigenvalue weighted by Gasteiger charge is 2.39. The number of pyridine rings is 1. The molecule has 24 heavy (non-hydrogen) atoms. The Hall–Kier alpha value is -1.91. The number of morpholine rings is 1. The van der Waals surface area contributed by atoms with Crippen molar-refractivity contribution in [3.8, 4) is 11.3 Å². The summed E-state index contributed by atoms with van der Waals surface area (Å²) in [7, 11) is 0. The first-order valence-corrected chi connectivity index (χ1v) is 8.71. The number of amides is 1. The molecule has 124 valence electrons. The fourth-order valence-electron chi connectivity index (χ4n) is 3.28. The molecule has 2 heterocycles. The number of carbonyl (C=O) groups excluding carboxylic acids is 1. The minimum atomic E-state index is -0.00187. The molecule has 1 amide bonds. The van der Waals surface area contributed by atoms with Gasteiger partial charge in [0.1, 0.15) is 0 Å². The Morgan fingerprint density at radius 3 is 2.88 bits per heavy atom. The molecular weight excluding hydrogens is 324 g/mol. The molecule has 0 radical (unpaired) electrons. The van der Waals surface area contributed by atoms with E-state index in [0.717, 1.165) is 11.3 Å². The number of carbonyl (C=O) groups is 1. The molecule has 1 saturated heterocycles. The Morgan fingerprint density at radius 1 is 1.25 bits per heavy atom. The van der Waals surface area contributed by atoms with Crippen molar-refractivity contribution in [2.45, 2.75) is 18.9 Å². The van der Waals surface area contributed by atoms with Crippen LogP contribution in [0, 0.1) is 5.92 Å². The minimum absolute atomic E-state index is 0.00187. The van der Waals surface area contributed by atoms with E-state index in [-0.39, 0.29) is 11.9 Å². The molecule has 0 bridgehead atoms. The fraction of sp³-hybridized carbons (Fsp3) is 0.368. The number of halogens is 1. The number of rotatable bonds is 3. The summed E-state index contributed by atoms with van der Waals surface area (Å²) in [6.45, 7) is 1.85. The van der Waals surface area contributed by atoms with E-state index < -0.39 is 0 Å². The van der Waals surface area contributed by atoms with Crippen LogP contribution in [-0.4, -0.2) is 41.6 Å². The number of aromatic nitrogens is 1. The molecule has 2 fully saturated rings. The van der Waals surface area contributed by atoms with Gasteiger partial charge in [-0.2, -0.15) is 0 Å². The standard InChI is InChI=1S/C19H19ClN2O2/c20-16-7-6-14(17-3-1-2-8-21-17)11-15(16)19(23)22-9-10-24-12-18(22)13-4-5-13/h1-3,6-8,11,13,18H,4-5,9-10,12H2. The minimum Gasteiger partial charge on any atom is -0.377 e. The zero-order valence-electron chi connectivity index (χ0n) is 13.3. The van der Waals surface area contributed by atoms with Crippen molar-refractivity contribution in [1.82, 2.24) is 9.88 Å². The van der Waals surface area contributed by atoms with Crippen molar-refractivity contribution in [1.29, 1.82) is 0 Å². The van der Waals surface area contributed by atoms with Gasteiger partial charge >= 0.3 is 0 Å². The van der Waals surface area contributed by atoms with Gasteiger partial charge in [-0.15, -0.1) is 0 Å². The van der Waals surface area contributed by atoms with Crippen LogP contribution in [0.15, 0.2) is 42.6 Å². The monoisotopic (exact) mass is 342 g/mol. The first kappa shape index (κ1) is 15.6. The van der Waals surface area contributed by atoms with E-state index >= 15 is 0 Å². The van der Waals surface area contributed by atoms with Crippen LogP contribution >= 0.6 is 11.6 Å². The topological polar surface area (TPSA) is 42.4 Å². The second kappa shape index (κ2) is 6.54. The summed E-state index contributed by atoms with van der Waals surface area (Å²) in [5.74, 6) is 0.574. The zero-order valence-corrected chi connectivity index (χ0v) is 14.1. The van der Waals surface area contributed by atoms with Crippen molar-refractivity contribution in [2.75, 3.05) is 19.8 Å². The lowest BCUT2D eigenvalue weighted by Gasteiger charge is -2.36. The van der Waals surface area contributed by atoms with Crippen molar-refractivity contribution < 1.29 is 9.53 Å². The predicted molar refractivity (Wildman–Crippen MR) is 93.1 cm³/mol. The lowest BCUT2D eigenvalue weighted by Crippen LogP contribution is -2.49. The van der Waals surface area contributed by atoms with E-state index in [1.165, 1.54) is 12.8 Å². The van der Waals surface area contributed by atoms with E-state index in [0.29, 0.717) is 36.3 Å². The summed E-state index contributed by atoms with van der Waals surface area (Å²) < 4.78 is 5.59. The predicted octanol–water partition coefficient (Wildman–Crippen LogP) is 3.65. The molecule has 5 heteroatoms. The maximum Gasteiger partial charge on any atom is 0.255 e. The maximum atomic E-state index is 13.1. The van der Waals surface area contributed by atoms with Crippen LogP contribution in [0.1, 0.15) is 23.2 Å². The number of hydrogen-bond donors (Lipinski definition) is 0. The lowest BCUT2D eigenvalue weighted by atomic mass is 10.0. The van der Waals surface area contributed by atoms with E-state index in [1.54, 1.807) is 12.3 Å². The van der Waals surface area contributed by atoms with Gasteiger partial charge < -0.3 is 9.64 Å². The summed E-state index contributed by atoms with van der Waals surface area (Å²) in [6, 6.07) is 11.5. The third kappa shape index (κ3) is 3.04. The van der Waals surface area contributed by atoms with Crippen LogP contribution in [0.3, 0.4) is 0 Å². The summed E-state index contributed by atoms with van der Waals surface area (Å²) in [5.41, 5.74) is 2.29. The van der Waals surface area contributed by atoms with Crippen LogP contribution in [0.25, 0.3) is 11.3 Å². The fourth-order valence-corrected chi connectivity index (χ4v) is 3.48. The highest BCUT2D eigenvalue weighted by Crippen LogP contribution is 2.37. The molecule has 1 aromatic carbocycles. The summed E-state index contributed by atoms with van der Waals surface area (Å²) in [6.07, 6.45) is 4.11. The van der Waals surface area contributed by atoms with Gasteiger partial charge in [-0.25, -0.2) is 0 Å². The quantitative estimate of drug-likeness (QED) is 0.855. The summed E-state index contributed by atoms with van der Waals surface area (Å²) in [5, 5.41) is 0.487. The van der Waals surface area contributed by atoms with E-state index in [4.69, 9.17) is 16.3 Å². The van der Waals surface area contributed by atoms with Gasteiger partial charge in [-0.1, -0.05) is 23.7 Å². The third-order valence-corrected chi connectivity index (χ3v) is 5.08. The number of hydrogen-bond acceptors (Lipinski definition) is 3. The van der Waals surface area contributed by atoms with E-state index in [2.05, 4.69) is 4.98 Å². The normalized spacial score (nSPS) is 20.9. The van der Waals surface area contributed by atoms with Crippen LogP contribution < -0.4 is 0 Å². The largest absolute Gasteiger partial charge is 0.377 e. The Kier molecular flexibility index (Phi) is 4.25. The maximum absolute atomic E-state index is 13.1. The van der Waals surface area contributed by atoms with Gasteiger partial charge in [0.25, 0.3) is 5.91 Å². The Labute approximate surface area is 146 Å². The van der Waals surface area contributed by atoms with Gasteiger partial charge in [0.15, 0.2) is 0 Å². The van der Waals surface area contributed by atoms with Gasteiger partial charge in [0.05, 0.1) is 35.5 Å². The van der Waals surface area contributed by atoms with Crippen molar-refractivity contribution in [3.05, 3.63) is 53.2 Å². The number of ether oxygens (including phenoxy) is 1. The summed E-state index contributed by atoms with van der Waals surface area (Å²) >= 11 is 6.34. The molecule has 1 aromatic heterocycles. The molecule has 1 saturated carbocycles. The third-order valence-electron chi connectivity index (χ3n) is 4.75. The molecule has 4 nitrogen and oxygen atoms in total. The molecule has 0 spiro atoms. The molecular formula is C19H19ClN2O2. The van der Waals surface area contributed by atoms with Crippen molar-refractivity contribution >= 4 is 17.5 Å². The van der Waals surface area contributed by atoms with Crippen LogP contribution in [-0.2, 0) is 4.74 Å². The van der Waals surface area contributed by atoms with Gasteiger partial charge in [-0.05, 0) is 43.0 Å². The van der Waals surface area contributed by atoms with Gasteiger partial charge in [0.2, 0.25) is 0 Å². The van der Waals surface area contributed by atoms with Crippen LogP contribution in [0.4, 0.5) is 0 Å². The summed E-state index contributed by atoms with van der Waals surface area (Å²) in [4.78, 5) is 19.4. The zero-order chi connectivity index (χ0) is 16.5. The second-order valence-corrected chi connectivity index (χ2v) is 6.80. The van der Waals surface area contributed by atoms with E-state index in [1.807, 2.05) is 35.2 Å². The first-order chi connectivity index (χ1) is 11.7. The molecule has 2 aromatic rings. The van der Waals surface area contributed by atoms with Gasteiger partial charge in [0, 0.05) is 18.3 Å². The molecule has 1 aliphatic carbocycles. The molecule has 1 aliphatic heterocycles. The van der Waals surface area contributed by atoms with Gasteiger partial charge in [-0.3, -0.25) is 9.78 Å². The highest BCUT2D eigenvalue weighted by molar-refractivity contribution is 6.34. The smallest absolute Gasteiger partial charge is 0.255 e. The van der Waals surface area contributed by atoms with Crippen molar-refractivity contribution in [2.24, 2.45) is 5.92 Å².